The number of para-hydroxylation sites is 1. The lowest BCUT2D eigenvalue weighted by Gasteiger charge is -2.33. The number of hydrogen-bond donors (Lipinski definition) is 1. The molecular weight excluding hydrogens is 304 g/mol. The number of hydrogen-bond acceptors (Lipinski definition) is 3. The van der Waals surface area contributed by atoms with Crippen LogP contribution >= 0.6 is 0 Å². The minimum Gasteiger partial charge on any atom is -0.493 e. The molecule has 0 saturated carbocycles. The number of likely N-dealkylation sites (tertiary alicyclic amines) is 1. The maximum absolute atomic E-state index is 12.2. The van der Waals surface area contributed by atoms with Crippen LogP contribution in [0.25, 0.3) is 0 Å². The first kappa shape index (κ1) is 18.3. The fourth-order valence-electron chi connectivity index (χ4n) is 2.61. The summed E-state index contributed by atoms with van der Waals surface area (Å²) in [5.74, 6) is 0.976. The van der Waals surface area contributed by atoms with Crippen LogP contribution in [-0.2, 0) is 9.59 Å². The van der Waals surface area contributed by atoms with Gasteiger partial charge in [0.05, 0.1) is 13.0 Å². The Morgan fingerprint density at radius 1 is 1.17 bits per heavy atom. The number of rotatable bonds is 5. The van der Waals surface area contributed by atoms with Gasteiger partial charge in [0, 0.05) is 24.5 Å². The number of carbonyl (C=O) groups excluding carboxylic acids is 2. The van der Waals surface area contributed by atoms with E-state index in [1.165, 1.54) is 0 Å². The first-order valence-corrected chi connectivity index (χ1v) is 8.63. The summed E-state index contributed by atoms with van der Waals surface area (Å²) in [5.41, 5.74) is -0.373. The van der Waals surface area contributed by atoms with Gasteiger partial charge in [-0.05, 0) is 25.0 Å². The Kier molecular flexibility index (Phi) is 6.23. The van der Waals surface area contributed by atoms with Gasteiger partial charge in [0.25, 0.3) is 0 Å². The Labute approximate surface area is 144 Å². The van der Waals surface area contributed by atoms with Crippen LogP contribution in [0.1, 0.15) is 40.0 Å². The lowest BCUT2D eigenvalue weighted by Crippen LogP contribution is -2.49. The lowest BCUT2D eigenvalue weighted by molar-refractivity contribution is -0.133. The van der Waals surface area contributed by atoms with E-state index in [1.54, 1.807) is 0 Å². The van der Waals surface area contributed by atoms with Gasteiger partial charge in [0.2, 0.25) is 11.8 Å². The molecule has 2 rings (SSSR count). The van der Waals surface area contributed by atoms with Gasteiger partial charge in [-0.2, -0.15) is 0 Å². The molecule has 5 nitrogen and oxygen atoms in total. The fraction of sp³-hybridized carbons (Fsp3) is 0.579. The molecule has 1 aliphatic rings. The van der Waals surface area contributed by atoms with E-state index in [-0.39, 0.29) is 23.3 Å². The van der Waals surface area contributed by atoms with Gasteiger partial charge in [-0.25, -0.2) is 0 Å². The number of ether oxygens (including phenoxy) is 1. The molecule has 0 aromatic heterocycles. The minimum absolute atomic E-state index is 0.0727. The Bertz CT molecular complexity index is 543. The zero-order valence-corrected chi connectivity index (χ0v) is 14.9. The Morgan fingerprint density at radius 3 is 2.38 bits per heavy atom. The topological polar surface area (TPSA) is 58.6 Å². The molecule has 1 aromatic rings. The van der Waals surface area contributed by atoms with E-state index in [0.29, 0.717) is 26.1 Å². The zero-order valence-electron chi connectivity index (χ0n) is 14.9. The summed E-state index contributed by atoms with van der Waals surface area (Å²) in [6, 6.07) is 9.69. The third kappa shape index (κ3) is 5.55. The molecule has 1 heterocycles. The Balaban J connectivity index is 1.68. The summed E-state index contributed by atoms with van der Waals surface area (Å²) in [7, 11) is 0. The maximum atomic E-state index is 12.2. The molecule has 2 amide bonds. The molecule has 1 fully saturated rings. The molecule has 1 N–H and O–H groups in total. The molecule has 1 saturated heterocycles. The second kappa shape index (κ2) is 8.18. The van der Waals surface area contributed by atoms with Gasteiger partial charge in [0.1, 0.15) is 5.75 Å². The van der Waals surface area contributed by atoms with E-state index in [2.05, 4.69) is 5.32 Å². The summed E-state index contributed by atoms with van der Waals surface area (Å²) in [5, 5.41) is 3.08. The molecule has 0 radical (unpaired) electrons. The average Bonchev–Trinajstić information content (AvgIpc) is 2.55. The summed E-state index contributed by atoms with van der Waals surface area (Å²) >= 11 is 0. The smallest absolute Gasteiger partial charge is 0.225 e. The van der Waals surface area contributed by atoms with Gasteiger partial charge < -0.3 is 15.0 Å². The van der Waals surface area contributed by atoms with Crippen LogP contribution < -0.4 is 10.1 Å². The van der Waals surface area contributed by atoms with Crippen LogP contribution in [0.4, 0.5) is 0 Å². The van der Waals surface area contributed by atoms with E-state index in [0.717, 1.165) is 18.6 Å². The first-order chi connectivity index (χ1) is 11.4. The lowest BCUT2D eigenvalue weighted by atomic mass is 9.94. The molecule has 5 heteroatoms. The molecule has 0 atom stereocenters. The van der Waals surface area contributed by atoms with Crippen LogP contribution in [-0.4, -0.2) is 42.5 Å². The number of nitrogens with one attached hydrogen (secondary N) is 1. The van der Waals surface area contributed by atoms with Gasteiger partial charge >= 0.3 is 0 Å². The first-order valence-electron chi connectivity index (χ1n) is 8.63. The van der Waals surface area contributed by atoms with Crippen molar-refractivity contribution in [1.29, 1.82) is 0 Å². The SMILES string of the molecule is CC(C)(C)C(=O)NC1CCN(C(=O)CCOc2ccccc2)CC1. The molecule has 1 aliphatic heterocycles. The molecule has 0 unspecified atom stereocenters. The van der Waals surface area contributed by atoms with Crippen molar-refractivity contribution in [3.8, 4) is 5.75 Å². The van der Waals surface area contributed by atoms with Gasteiger partial charge in [-0.15, -0.1) is 0 Å². The summed E-state index contributed by atoms with van der Waals surface area (Å²) in [6.45, 7) is 7.51. The third-order valence-electron chi connectivity index (χ3n) is 4.19. The molecular formula is C19H28N2O3. The summed E-state index contributed by atoms with van der Waals surface area (Å²) in [4.78, 5) is 26.1. The van der Waals surface area contributed by atoms with Gasteiger partial charge in [-0.3, -0.25) is 9.59 Å². The molecule has 0 bridgehead atoms. The Morgan fingerprint density at radius 2 is 1.79 bits per heavy atom. The zero-order chi connectivity index (χ0) is 17.6. The highest BCUT2D eigenvalue weighted by atomic mass is 16.5. The highest BCUT2D eigenvalue weighted by Crippen LogP contribution is 2.17. The monoisotopic (exact) mass is 332 g/mol. The molecule has 132 valence electrons. The van der Waals surface area contributed by atoms with Crippen molar-refractivity contribution in [1.82, 2.24) is 10.2 Å². The molecule has 0 aliphatic carbocycles. The molecule has 24 heavy (non-hydrogen) atoms. The minimum atomic E-state index is -0.373. The van der Waals surface area contributed by atoms with Crippen molar-refractivity contribution in [2.75, 3.05) is 19.7 Å². The van der Waals surface area contributed by atoms with Crippen molar-refractivity contribution in [2.45, 2.75) is 46.1 Å². The van der Waals surface area contributed by atoms with Crippen LogP contribution in [0.3, 0.4) is 0 Å². The second-order valence-electron chi connectivity index (χ2n) is 7.29. The van der Waals surface area contributed by atoms with E-state index >= 15 is 0 Å². The van der Waals surface area contributed by atoms with Gasteiger partial charge in [-0.1, -0.05) is 39.0 Å². The summed E-state index contributed by atoms with van der Waals surface area (Å²) in [6.07, 6.45) is 2.01. The number of amides is 2. The standard InChI is InChI=1S/C19H28N2O3/c1-19(2,3)18(23)20-15-9-12-21(13-10-15)17(22)11-14-24-16-7-5-4-6-8-16/h4-8,15H,9-14H2,1-3H3,(H,20,23). The largest absolute Gasteiger partial charge is 0.493 e. The second-order valence-corrected chi connectivity index (χ2v) is 7.29. The normalized spacial score (nSPS) is 15.9. The van der Waals surface area contributed by atoms with Gasteiger partial charge in [0.15, 0.2) is 0 Å². The maximum Gasteiger partial charge on any atom is 0.225 e. The van der Waals surface area contributed by atoms with Crippen LogP contribution in [0.5, 0.6) is 5.75 Å². The Hall–Kier alpha value is -2.04. The number of carbonyl (C=O) groups is 2. The number of piperidine rings is 1. The number of benzene rings is 1. The predicted molar refractivity (Wildman–Crippen MR) is 93.8 cm³/mol. The van der Waals surface area contributed by atoms with Crippen LogP contribution in [0, 0.1) is 5.41 Å². The fourth-order valence-corrected chi connectivity index (χ4v) is 2.61. The van der Waals surface area contributed by atoms with Crippen molar-refractivity contribution in [3.63, 3.8) is 0 Å². The predicted octanol–water partition coefficient (Wildman–Crippen LogP) is 2.61. The third-order valence-corrected chi connectivity index (χ3v) is 4.19. The highest BCUT2D eigenvalue weighted by molar-refractivity contribution is 5.81. The quantitative estimate of drug-likeness (QED) is 0.902. The van der Waals surface area contributed by atoms with E-state index in [4.69, 9.17) is 4.74 Å². The van der Waals surface area contributed by atoms with E-state index in [9.17, 15) is 9.59 Å². The summed E-state index contributed by atoms with van der Waals surface area (Å²) < 4.78 is 5.57. The van der Waals surface area contributed by atoms with Crippen molar-refractivity contribution >= 4 is 11.8 Å². The molecule has 0 spiro atoms. The van der Waals surface area contributed by atoms with Crippen molar-refractivity contribution < 1.29 is 14.3 Å². The molecule has 1 aromatic carbocycles. The highest BCUT2D eigenvalue weighted by Gasteiger charge is 2.27. The number of nitrogens with zero attached hydrogens (tertiary/aromatic N) is 1. The van der Waals surface area contributed by atoms with Crippen molar-refractivity contribution in [2.24, 2.45) is 5.41 Å². The van der Waals surface area contributed by atoms with E-state index in [1.807, 2.05) is 56.0 Å². The van der Waals surface area contributed by atoms with Crippen LogP contribution in [0.2, 0.25) is 0 Å². The van der Waals surface area contributed by atoms with E-state index < -0.39 is 0 Å². The van der Waals surface area contributed by atoms with Crippen LogP contribution in [0.15, 0.2) is 30.3 Å². The average molecular weight is 332 g/mol. The van der Waals surface area contributed by atoms with Crippen molar-refractivity contribution in [3.05, 3.63) is 30.3 Å².